The number of esters is 1. The molecule has 0 saturated heterocycles. The van der Waals surface area contributed by atoms with Gasteiger partial charge in [0.05, 0.1) is 28.8 Å². The number of ether oxygens (including phenoxy) is 1. The van der Waals surface area contributed by atoms with Gasteiger partial charge in [0.15, 0.2) is 5.82 Å². The minimum absolute atomic E-state index is 0.00657. The fourth-order valence-electron chi connectivity index (χ4n) is 5.25. The molecule has 1 aliphatic heterocycles. The van der Waals surface area contributed by atoms with Gasteiger partial charge < -0.3 is 25.7 Å². The molecule has 1 saturated carbocycles. The van der Waals surface area contributed by atoms with Crippen molar-refractivity contribution in [1.82, 2.24) is 14.5 Å². The van der Waals surface area contributed by atoms with Gasteiger partial charge in [-0.2, -0.15) is 13.4 Å². The van der Waals surface area contributed by atoms with E-state index in [0.717, 1.165) is 35.7 Å². The lowest BCUT2D eigenvalue weighted by Crippen LogP contribution is -2.22. The van der Waals surface area contributed by atoms with E-state index in [1.807, 2.05) is 6.07 Å². The molecule has 0 radical (unpaired) electrons. The number of nitrogens with two attached hydrogens (primary N) is 2. The van der Waals surface area contributed by atoms with Crippen molar-refractivity contribution in [3.05, 3.63) is 75.2 Å². The second-order valence-corrected chi connectivity index (χ2v) is 12.4. The zero-order valence-corrected chi connectivity index (χ0v) is 25.4. The number of carbonyl (C=O) groups is 1. The van der Waals surface area contributed by atoms with Gasteiger partial charge in [-0.05, 0) is 62.4 Å². The third-order valence-electron chi connectivity index (χ3n) is 7.65. The quantitative estimate of drug-likeness (QED) is 0.196. The number of anilines is 3. The maximum Gasteiger partial charge on any atom is 0.343 e. The number of benzene rings is 2. The van der Waals surface area contributed by atoms with Crippen molar-refractivity contribution in [2.45, 2.75) is 45.7 Å². The summed E-state index contributed by atoms with van der Waals surface area (Å²) < 4.78 is 65.2. The van der Waals surface area contributed by atoms with E-state index in [1.54, 1.807) is 29.8 Å². The molecule has 1 fully saturated rings. The van der Waals surface area contributed by atoms with Crippen molar-refractivity contribution < 1.29 is 31.3 Å². The van der Waals surface area contributed by atoms with Crippen molar-refractivity contribution in [2.24, 2.45) is 0 Å². The Kier molecular flexibility index (Phi) is 8.76. The number of fused-ring (bicyclic) bond motifs is 2. The van der Waals surface area contributed by atoms with Crippen LogP contribution in [0.2, 0.25) is 0 Å². The molecule has 6 rings (SSSR count). The molecule has 238 valence electrons. The van der Waals surface area contributed by atoms with Crippen molar-refractivity contribution in [2.75, 3.05) is 35.3 Å². The van der Waals surface area contributed by atoms with E-state index >= 15 is 8.78 Å². The average Bonchev–Trinajstić information content (AvgIpc) is 3.75. The topological polar surface area (TPSA) is 184 Å². The van der Waals surface area contributed by atoms with E-state index in [-0.39, 0.29) is 46.4 Å². The summed E-state index contributed by atoms with van der Waals surface area (Å²) in [6.07, 6.45) is 5.15. The second-order valence-electron chi connectivity index (χ2n) is 10.7. The summed E-state index contributed by atoms with van der Waals surface area (Å²) in [5.74, 6) is -2.30. The Morgan fingerprint density at radius 1 is 1.18 bits per heavy atom. The van der Waals surface area contributed by atoms with Gasteiger partial charge >= 0.3 is 5.97 Å². The third kappa shape index (κ3) is 6.59. The molecule has 15 heteroatoms. The van der Waals surface area contributed by atoms with Gasteiger partial charge in [0.2, 0.25) is 11.4 Å². The van der Waals surface area contributed by atoms with Crippen LogP contribution >= 0.6 is 0 Å². The fourth-order valence-corrected chi connectivity index (χ4v) is 5.25. The summed E-state index contributed by atoms with van der Waals surface area (Å²) in [5, 5.41) is -0.179. The highest BCUT2D eigenvalue weighted by Gasteiger charge is 2.31. The molecular weight excluding hydrogens is 610 g/mol. The number of hydrogen-bond acceptors (Lipinski definition) is 10. The zero-order valence-electron chi connectivity index (χ0n) is 24.6. The summed E-state index contributed by atoms with van der Waals surface area (Å²) in [7, 11) is -3.66. The third-order valence-corrected chi connectivity index (χ3v) is 8.38. The van der Waals surface area contributed by atoms with E-state index in [9.17, 15) is 18.0 Å². The van der Waals surface area contributed by atoms with Crippen LogP contribution in [0.3, 0.4) is 0 Å². The highest BCUT2D eigenvalue weighted by atomic mass is 32.2. The first-order valence-corrected chi connectivity index (χ1v) is 15.9. The molecule has 4 aromatic rings. The first-order chi connectivity index (χ1) is 21.3. The van der Waals surface area contributed by atoms with Crippen LogP contribution in [0.4, 0.5) is 26.2 Å². The van der Waals surface area contributed by atoms with Crippen molar-refractivity contribution in [1.29, 1.82) is 0 Å². The van der Waals surface area contributed by atoms with Crippen molar-refractivity contribution >= 4 is 44.4 Å². The molecule has 2 aromatic heterocycles. The van der Waals surface area contributed by atoms with Crippen LogP contribution in [0, 0.1) is 11.6 Å². The molecule has 2 aliphatic rings. The SMILES string of the molecule is CCOC(=O)c1cn(C2CC2)c2c(F)c(-c3ccc4c(c3)CCN4Cc3cnc(N)nc3N)c(F)cc2c1=O.CCS(=O)(=O)O. The van der Waals surface area contributed by atoms with Gasteiger partial charge in [-0.25, -0.2) is 18.6 Å². The summed E-state index contributed by atoms with van der Waals surface area (Å²) in [5.41, 5.74) is 13.3. The van der Waals surface area contributed by atoms with E-state index < -0.39 is 33.2 Å². The van der Waals surface area contributed by atoms with Crippen LogP contribution in [0.5, 0.6) is 0 Å². The number of halogens is 2. The lowest BCUT2D eigenvalue weighted by atomic mass is 9.98. The molecule has 3 heterocycles. The summed E-state index contributed by atoms with van der Waals surface area (Å²) >= 11 is 0. The molecule has 1 aliphatic carbocycles. The standard InChI is InChI=1S/C28H26F2N6O3.C2H6O3S/c1-2-39-27(38)19-13-36(17-4-5-17)24-18(25(19)37)10-20(29)22(23(24)30)15-3-6-21-14(9-15)7-8-35(21)12-16-11-33-28(32)34-26(16)31;1-2-6(3,4)5/h3,6,9-11,13,17H,2,4-5,7-8,12H2,1H3,(H4,31,32,33,34);2H2,1H3,(H,3,4,5). The number of pyridine rings is 1. The molecule has 45 heavy (non-hydrogen) atoms. The monoisotopic (exact) mass is 642 g/mol. The first-order valence-electron chi connectivity index (χ1n) is 14.3. The van der Waals surface area contributed by atoms with Gasteiger partial charge in [-0.1, -0.05) is 6.07 Å². The first kappa shape index (κ1) is 31.8. The summed E-state index contributed by atoms with van der Waals surface area (Å²) in [6, 6.07) is 6.22. The Hall–Kier alpha value is -4.63. The van der Waals surface area contributed by atoms with Crippen molar-refractivity contribution in [3.8, 4) is 11.1 Å². The highest BCUT2D eigenvalue weighted by molar-refractivity contribution is 7.85. The van der Waals surface area contributed by atoms with Crippen LogP contribution in [0.25, 0.3) is 22.0 Å². The normalized spacial score (nSPS) is 14.2. The van der Waals surface area contributed by atoms with E-state index in [4.69, 9.17) is 20.8 Å². The molecule has 2 aromatic carbocycles. The van der Waals surface area contributed by atoms with Gasteiger partial charge in [0.1, 0.15) is 17.2 Å². The van der Waals surface area contributed by atoms with Crippen LogP contribution in [-0.4, -0.2) is 52.4 Å². The van der Waals surface area contributed by atoms with Gasteiger partial charge in [-0.3, -0.25) is 9.35 Å². The predicted octanol–water partition coefficient (Wildman–Crippen LogP) is 3.87. The Balaban J connectivity index is 0.000000609. The summed E-state index contributed by atoms with van der Waals surface area (Å²) in [4.78, 5) is 35.6. The number of nitrogen functional groups attached to an aromatic ring is 2. The summed E-state index contributed by atoms with van der Waals surface area (Å²) in [6.45, 7) is 4.23. The molecule has 0 spiro atoms. The molecule has 0 bridgehead atoms. The minimum Gasteiger partial charge on any atom is -0.462 e. The molecule has 0 atom stereocenters. The molecule has 0 unspecified atom stereocenters. The molecular formula is C30H32F2N6O6S. The second kappa shape index (κ2) is 12.4. The average molecular weight is 643 g/mol. The number of carbonyl (C=O) groups excluding carboxylic acids is 1. The largest absolute Gasteiger partial charge is 0.462 e. The molecule has 5 N–H and O–H groups in total. The maximum atomic E-state index is 16.2. The van der Waals surface area contributed by atoms with Crippen LogP contribution in [0.15, 0.2) is 41.5 Å². The van der Waals surface area contributed by atoms with Crippen molar-refractivity contribution in [3.63, 3.8) is 0 Å². The minimum atomic E-state index is -3.66. The number of aromatic nitrogens is 3. The van der Waals surface area contributed by atoms with Gasteiger partial charge in [0, 0.05) is 42.8 Å². The maximum absolute atomic E-state index is 16.2. The number of nitrogens with zero attached hydrogens (tertiary/aromatic N) is 4. The zero-order chi connectivity index (χ0) is 32.6. The molecule has 0 amide bonds. The van der Waals surface area contributed by atoms with E-state index in [1.165, 1.54) is 13.1 Å². The lowest BCUT2D eigenvalue weighted by molar-refractivity contribution is 0.0524. The fraction of sp³-hybridized carbons (Fsp3) is 0.333. The van der Waals surface area contributed by atoms with Crippen LogP contribution < -0.4 is 21.8 Å². The van der Waals surface area contributed by atoms with Crippen LogP contribution in [0.1, 0.15) is 54.2 Å². The Morgan fingerprint density at radius 2 is 1.89 bits per heavy atom. The number of rotatable bonds is 7. The van der Waals surface area contributed by atoms with E-state index in [0.29, 0.717) is 30.9 Å². The Morgan fingerprint density at radius 3 is 2.51 bits per heavy atom. The lowest BCUT2D eigenvalue weighted by Gasteiger charge is -2.20. The highest BCUT2D eigenvalue weighted by Crippen LogP contribution is 2.41. The van der Waals surface area contributed by atoms with E-state index in [2.05, 4.69) is 14.9 Å². The smallest absolute Gasteiger partial charge is 0.343 e. The van der Waals surface area contributed by atoms with Gasteiger partial charge in [0.25, 0.3) is 10.1 Å². The molecule has 12 nitrogen and oxygen atoms in total. The van der Waals surface area contributed by atoms with Gasteiger partial charge in [-0.15, -0.1) is 0 Å². The Bertz CT molecular complexity index is 1980. The van der Waals surface area contributed by atoms with Crippen LogP contribution in [-0.2, 0) is 27.8 Å². The Labute approximate surface area is 257 Å². The predicted molar refractivity (Wildman–Crippen MR) is 165 cm³/mol. The number of hydrogen-bond donors (Lipinski definition) is 3.